The summed E-state index contributed by atoms with van der Waals surface area (Å²) in [5.74, 6) is -0.137. The topological polar surface area (TPSA) is 83.8 Å². The molecule has 1 aliphatic carbocycles. The Labute approximate surface area is 127 Å². The monoisotopic (exact) mass is 292 g/mol. The predicted molar refractivity (Wildman–Crippen MR) is 85.6 cm³/mol. The first-order valence-electron chi connectivity index (χ1n) is 7.29. The molecule has 4 N–H and O–H groups in total. The van der Waals surface area contributed by atoms with E-state index in [4.69, 9.17) is 5.73 Å². The van der Waals surface area contributed by atoms with Crippen LogP contribution in [0.5, 0.6) is 0 Å². The molecule has 0 atom stereocenters. The quantitative estimate of drug-likeness (QED) is 0.694. The summed E-state index contributed by atoms with van der Waals surface area (Å²) in [5, 5.41) is 3.83. The molecule has 110 valence electrons. The zero-order valence-electron chi connectivity index (χ0n) is 12.0. The minimum Gasteiger partial charge on any atom is -0.346 e. The maximum atomic E-state index is 12.4. The first kappa shape index (κ1) is 13.0. The highest BCUT2D eigenvalue weighted by molar-refractivity contribution is 6.08. The number of benzene rings is 1. The number of fused-ring (bicyclic) bond motifs is 1. The molecule has 22 heavy (non-hydrogen) atoms. The van der Waals surface area contributed by atoms with Crippen molar-refractivity contribution in [3.8, 4) is 0 Å². The van der Waals surface area contributed by atoms with Crippen molar-refractivity contribution in [2.45, 2.75) is 18.4 Å². The molecule has 1 aliphatic rings. The maximum Gasteiger partial charge on any atom is 0.255 e. The van der Waals surface area contributed by atoms with Crippen LogP contribution in [0.15, 0.2) is 48.8 Å². The van der Waals surface area contributed by atoms with Gasteiger partial charge in [-0.25, -0.2) is 4.98 Å². The second-order valence-corrected chi connectivity index (χ2v) is 5.79. The number of rotatable bonds is 3. The van der Waals surface area contributed by atoms with Crippen LogP contribution in [-0.2, 0) is 5.54 Å². The zero-order chi connectivity index (χ0) is 15.2. The van der Waals surface area contributed by atoms with Crippen LogP contribution >= 0.6 is 0 Å². The molecule has 2 aromatic heterocycles. The Kier molecular flexibility index (Phi) is 2.77. The van der Waals surface area contributed by atoms with Crippen LogP contribution in [0.3, 0.4) is 0 Å². The number of anilines is 1. The average Bonchev–Trinajstić information content (AvgIpc) is 3.11. The molecule has 2 heterocycles. The summed E-state index contributed by atoms with van der Waals surface area (Å²) in [5.41, 5.74) is 9.21. The van der Waals surface area contributed by atoms with Gasteiger partial charge < -0.3 is 16.0 Å². The van der Waals surface area contributed by atoms with E-state index < -0.39 is 0 Å². The normalized spacial score (nSPS) is 15.7. The van der Waals surface area contributed by atoms with Gasteiger partial charge in [-0.1, -0.05) is 12.1 Å². The molecule has 0 saturated heterocycles. The molecule has 0 aliphatic heterocycles. The minimum absolute atomic E-state index is 0.137. The van der Waals surface area contributed by atoms with Gasteiger partial charge in [-0.2, -0.15) is 0 Å². The number of aromatic nitrogens is 2. The second-order valence-electron chi connectivity index (χ2n) is 5.79. The zero-order valence-corrected chi connectivity index (χ0v) is 12.0. The third-order valence-electron chi connectivity index (χ3n) is 4.22. The van der Waals surface area contributed by atoms with E-state index in [1.807, 2.05) is 30.3 Å². The van der Waals surface area contributed by atoms with Crippen molar-refractivity contribution in [2.24, 2.45) is 5.73 Å². The van der Waals surface area contributed by atoms with Crippen LogP contribution in [0.1, 0.15) is 28.8 Å². The summed E-state index contributed by atoms with van der Waals surface area (Å²) < 4.78 is 0. The Balaban J connectivity index is 1.58. The van der Waals surface area contributed by atoms with Crippen molar-refractivity contribution in [2.75, 3.05) is 5.32 Å². The lowest BCUT2D eigenvalue weighted by molar-refractivity contribution is 0.102. The lowest BCUT2D eigenvalue weighted by Crippen LogP contribution is -2.19. The van der Waals surface area contributed by atoms with Crippen LogP contribution in [0, 0.1) is 0 Å². The molecule has 5 nitrogen and oxygen atoms in total. The van der Waals surface area contributed by atoms with Gasteiger partial charge in [0, 0.05) is 28.9 Å². The van der Waals surface area contributed by atoms with E-state index >= 15 is 0 Å². The summed E-state index contributed by atoms with van der Waals surface area (Å²) in [6, 6.07) is 11.2. The molecular formula is C17H16N4O. The number of pyridine rings is 1. The van der Waals surface area contributed by atoms with E-state index in [1.54, 1.807) is 18.5 Å². The number of hydrogen-bond acceptors (Lipinski definition) is 3. The molecule has 0 unspecified atom stereocenters. The highest BCUT2D eigenvalue weighted by Crippen LogP contribution is 2.42. The van der Waals surface area contributed by atoms with Crippen LogP contribution in [0.4, 0.5) is 5.69 Å². The second kappa shape index (κ2) is 4.68. The molecule has 3 aromatic rings. The average molecular weight is 292 g/mol. The fraction of sp³-hybridized carbons (Fsp3) is 0.176. The van der Waals surface area contributed by atoms with Gasteiger partial charge >= 0.3 is 0 Å². The number of carbonyl (C=O) groups excluding carboxylic acids is 1. The van der Waals surface area contributed by atoms with Gasteiger partial charge in [0.25, 0.3) is 5.91 Å². The Morgan fingerprint density at radius 2 is 1.95 bits per heavy atom. The SMILES string of the molecule is NC1(c2ccc(C(=O)Nc3ccnc4[nH]ccc34)cc2)CC1. The number of H-pyrrole nitrogens is 1. The van der Waals surface area contributed by atoms with Crippen molar-refractivity contribution in [3.63, 3.8) is 0 Å². The highest BCUT2D eigenvalue weighted by atomic mass is 16.1. The number of aromatic amines is 1. The Morgan fingerprint density at radius 1 is 1.18 bits per heavy atom. The number of amides is 1. The van der Waals surface area contributed by atoms with E-state index in [-0.39, 0.29) is 11.4 Å². The fourth-order valence-corrected chi connectivity index (χ4v) is 2.64. The molecule has 0 spiro atoms. The predicted octanol–water partition coefficient (Wildman–Crippen LogP) is 2.76. The first-order chi connectivity index (χ1) is 10.7. The van der Waals surface area contributed by atoms with Gasteiger partial charge in [-0.3, -0.25) is 4.79 Å². The van der Waals surface area contributed by atoms with Crippen molar-refractivity contribution in [1.29, 1.82) is 0 Å². The largest absolute Gasteiger partial charge is 0.346 e. The van der Waals surface area contributed by atoms with Gasteiger partial charge in [0.1, 0.15) is 5.65 Å². The molecule has 5 heteroatoms. The number of nitrogens with zero attached hydrogens (tertiary/aromatic N) is 1. The molecule has 0 radical (unpaired) electrons. The third-order valence-corrected chi connectivity index (χ3v) is 4.22. The number of nitrogens with one attached hydrogen (secondary N) is 2. The van der Waals surface area contributed by atoms with Gasteiger partial charge in [-0.15, -0.1) is 0 Å². The van der Waals surface area contributed by atoms with Gasteiger partial charge in [-0.05, 0) is 42.7 Å². The lowest BCUT2D eigenvalue weighted by atomic mass is 10.0. The summed E-state index contributed by atoms with van der Waals surface area (Å²) in [7, 11) is 0. The molecule has 1 saturated carbocycles. The number of carbonyl (C=O) groups is 1. The molecule has 1 aromatic carbocycles. The summed E-state index contributed by atoms with van der Waals surface area (Å²) in [6.07, 6.45) is 5.50. The number of nitrogens with two attached hydrogens (primary N) is 1. The van der Waals surface area contributed by atoms with E-state index in [1.165, 1.54) is 0 Å². The molecule has 1 amide bonds. The number of hydrogen-bond donors (Lipinski definition) is 3. The van der Waals surface area contributed by atoms with Crippen molar-refractivity contribution < 1.29 is 4.79 Å². The molecular weight excluding hydrogens is 276 g/mol. The van der Waals surface area contributed by atoms with Crippen molar-refractivity contribution >= 4 is 22.6 Å². The fourth-order valence-electron chi connectivity index (χ4n) is 2.64. The van der Waals surface area contributed by atoms with E-state index in [0.717, 1.165) is 35.1 Å². The summed E-state index contributed by atoms with van der Waals surface area (Å²) >= 11 is 0. The van der Waals surface area contributed by atoms with E-state index in [9.17, 15) is 4.79 Å². The maximum absolute atomic E-state index is 12.4. The summed E-state index contributed by atoms with van der Waals surface area (Å²) in [6.45, 7) is 0. The van der Waals surface area contributed by atoms with Crippen LogP contribution in [0.2, 0.25) is 0 Å². The van der Waals surface area contributed by atoms with E-state index in [2.05, 4.69) is 15.3 Å². The van der Waals surface area contributed by atoms with Crippen LogP contribution < -0.4 is 11.1 Å². The third kappa shape index (κ3) is 2.16. The minimum atomic E-state index is -0.169. The Bertz CT molecular complexity index is 846. The Morgan fingerprint density at radius 3 is 2.68 bits per heavy atom. The smallest absolute Gasteiger partial charge is 0.255 e. The molecule has 1 fully saturated rings. The van der Waals surface area contributed by atoms with Gasteiger partial charge in [0.2, 0.25) is 0 Å². The van der Waals surface area contributed by atoms with E-state index in [0.29, 0.717) is 5.56 Å². The Hall–Kier alpha value is -2.66. The van der Waals surface area contributed by atoms with Crippen LogP contribution in [-0.4, -0.2) is 15.9 Å². The molecule has 0 bridgehead atoms. The van der Waals surface area contributed by atoms with Gasteiger partial charge in [0.05, 0.1) is 5.69 Å². The summed E-state index contributed by atoms with van der Waals surface area (Å²) in [4.78, 5) is 19.6. The highest BCUT2D eigenvalue weighted by Gasteiger charge is 2.39. The standard InChI is InChI=1S/C17H16N4O/c18-17(7-8-17)12-3-1-11(2-4-12)16(22)21-14-6-10-20-15-13(14)5-9-19-15/h1-6,9-10H,7-8,18H2,(H2,19,20,21,22). The van der Waals surface area contributed by atoms with Crippen molar-refractivity contribution in [3.05, 3.63) is 59.9 Å². The van der Waals surface area contributed by atoms with Crippen molar-refractivity contribution in [1.82, 2.24) is 9.97 Å². The molecule has 4 rings (SSSR count). The van der Waals surface area contributed by atoms with Gasteiger partial charge in [0.15, 0.2) is 0 Å². The van der Waals surface area contributed by atoms with Crippen LogP contribution in [0.25, 0.3) is 11.0 Å². The first-order valence-corrected chi connectivity index (χ1v) is 7.29. The lowest BCUT2D eigenvalue weighted by Gasteiger charge is -2.10.